The Morgan fingerprint density at radius 3 is 2.48 bits per heavy atom. The van der Waals surface area contributed by atoms with E-state index in [0.717, 1.165) is 53.8 Å². The highest BCUT2D eigenvalue weighted by atomic mass is 32.2. The van der Waals surface area contributed by atoms with Crippen LogP contribution in [0.25, 0.3) is 28.0 Å². The molecule has 4 aromatic rings. The number of carbonyl (C=O) groups excluding carboxylic acids is 1. The summed E-state index contributed by atoms with van der Waals surface area (Å²) in [6, 6.07) is 14.1. The van der Waals surface area contributed by atoms with Crippen molar-refractivity contribution in [3.8, 4) is 22.4 Å². The molecule has 1 amide bonds. The standard InChI is InChI=1S/C28H29N9O2S/c1-40(39)24-23(18-11-19-8-9-20(12-18)36(19)28(38)26-31-15-32-35-26)34-27-21(14-33-37(27)25(24)29)17-7-10-22(30-13-17)16-5-3-2-4-6-16/h2-7,10,13-14,18-20,32H,8-9,11-12,15,29H2,1H3,(H,31,35)/t18?,19-,20+,40?. The van der Waals surface area contributed by atoms with E-state index in [-0.39, 0.29) is 23.9 Å². The fourth-order valence-corrected chi connectivity index (χ4v) is 7.27. The van der Waals surface area contributed by atoms with Gasteiger partial charge in [0.15, 0.2) is 5.65 Å². The van der Waals surface area contributed by atoms with Crippen molar-refractivity contribution in [3.05, 3.63) is 60.6 Å². The molecule has 0 radical (unpaired) electrons. The molecule has 0 spiro atoms. The number of pyridine rings is 1. The van der Waals surface area contributed by atoms with E-state index in [0.29, 0.717) is 28.9 Å². The van der Waals surface area contributed by atoms with Gasteiger partial charge in [-0.3, -0.25) is 19.4 Å². The molecular weight excluding hydrogens is 526 g/mol. The second-order valence-corrected chi connectivity index (χ2v) is 11.8. The first kappa shape index (κ1) is 24.9. The molecule has 12 heteroatoms. The maximum atomic E-state index is 13.2. The molecule has 2 fully saturated rings. The quantitative estimate of drug-likeness (QED) is 0.341. The SMILES string of the molecule is CS(=O)c1c(C2C[C@H]3CC[C@@H](C2)N3C(=O)C2=NCNN2)nc2c(-c3ccc(-c4ccccc4)nc3)cnn2c1N. The number of nitrogens with two attached hydrogens (primary N) is 1. The predicted molar refractivity (Wildman–Crippen MR) is 153 cm³/mol. The molecule has 3 aliphatic rings. The summed E-state index contributed by atoms with van der Waals surface area (Å²) in [6.45, 7) is 0.389. The van der Waals surface area contributed by atoms with Crippen molar-refractivity contribution in [2.75, 3.05) is 18.7 Å². The van der Waals surface area contributed by atoms with E-state index in [1.165, 1.54) is 0 Å². The molecule has 40 heavy (non-hydrogen) atoms. The second kappa shape index (κ2) is 9.79. The van der Waals surface area contributed by atoms with E-state index in [9.17, 15) is 9.00 Å². The van der Waals surface area contributed by atoms with E-state index in [1.54, 1.807) is 17.0 Å². The summed E-state index contributed by atoms with van der Waals surface area (Å²) in [5, 5.41) is 4.51. The molecular formula is C28H29N9O2S. The summed E-state index contributed by atoms with van der Waals surface area (Å²) in [6.07, 6.45) is 8.49. The average Bonchev–Trinajstić information content (AvgIpc) is 3.71. The molecule has 0 saturated carbocycles. The van der Waals surface area contributed by atoms with Crippen LogP contribution in [0.3, 0.4) is 0 Å². The number of rotatable bonds is 5. The zero-order valence-electron chi connectivity index (χ0n) is 21.9. The molecule has 11 nitrogen and oxygen atoms in total. The Bertz CT molecular complexity index is 1650. The van der Waals surface area contributed by atoms with Crippen LogP contribution in [0.2, 0.25) is 0 Å². The average molecular weight is 556 g/mol. The first-order chi connectivity index (χ1) is 19.5. The Kier molecular flexibility index (Phi) is 6.08. The number of fused-ring (bicyclic) bond motifs is 3. The number of piperidine rings is 1. The summed E-state index contributed by atoms with van der Waals surface area (Å²) in [4.78, 5) is 29.7. The van der Waals surface area contributed by atoms with Gasteiger partial charge in [-0.15, -0.1) is 0 Å². The van der Waals surface area contributed by atoms with Crippen molar-refractivity contribution >= 4 is 34.0 Å². The summed E-state index contributed by atoms with van der Waals surface area (Å²) in [5.41, 5.74) is 17.3. The van der Waals surface area contributed by atoms with Crippen LogP contribution in [-0.2, 0) is 15.6 Å². The Balaban J connectivity index is 1.25. The molecule has 7 rings (SSSR count). The van der Waals surface area contributed by atoms with E-state index in [2.05, 4.69) is 25.9 Å². The molecule has 0 aliphatic carbocycles. The minimum absolute atomic E-state index is 0.0192. The molecule has 6 heterocycles. The van der Waals surface area contributed by atoms with Gasteiger partial charge in [0.05, 0.1) is 28.4 Å². The number of aliphatic imine (C=N–C) groups is 1. The van der Waals surface area contributed by atoms with Crippen LogP contribution in [-0.4, -0.2) is 65.4 Å². The van der Waals surface area contributed by atoms with Gasteiger partial charge in [0.25, 0.3) is 5.91 Å². The van der Waals surface area contributed by atoms with Gasteiger partial charge in [0.2, 0.25) is 5.84 Å². The third-order valence-electron chi connectivity index (χ3n) is 8.18. The number of amidine groups is 1. The van der Waals surface area contributed by atoms with Crippen LogP contribution in [0, 0.1) is 0 Å². The number of amides is 1. The third-order valence-corrected chi connectivity index (χ3v) is 9.17. The van der Waals surface area contributed by atoms with E-state index < -0.39 is 10.8 Å². The third kappa shape index (κ3) is 4.06. The topological polar surface area (TPSA) is 143 Å². The second-order valence-electron chi connectivity index (χ2n) is 10.5. The first-order valence-electron chi connectivity index (χ1n) is 13.4. The van der Waals surface area contributed by atoms with Gasteiger partial charge < -0.3 is 10.6 Å². The van der Waals surface area contributed by atoms with E-state index in [4.69, 9.17) is 10.7 Å². The van der Waals surface area contributed by atoms with Gasteiger partial charge in [0, 0.05) is 47.1 Å². The van der Waals surface area contributed by atoms with Crippen molar-refractivity contribution in [3.63, 3.8) is 0 Å². The zero-order chi connectivity index (χ0) is 27.4. The number of nitrogens with zero attached hydrogens (tertiary/aromatic N) is 6. The minimum Gasteiger partial charge on any atom is -0.383 e. The van der Waals surface area contributed by atoms with Crippen LogP contribution in [0.5, 0.6) is 0 Å². The van der Waals surface area contributed by atoms with Crippen molar-refractivity contribution in [1.29, 1.82) is 0 Å². The van der Waals surface area contributed by atoms with Gasteiger partial charge in [0.1, 0.15) is 17.4 Å². The zero-order valence-corrected chi connectivity index (χ0v) is 22.8. The lowest BCUT2D eigenvalue weighted by Gasteiger charge is -2.39. The lowest BCUT2D eigenvalue weighted by molar-refractivity contribution is -0.128. The Morgan fingerprint density at radius 2 is 1.82 bits per heavy atom. The first-order valence-corrected chi connectivity index (χ1v) is 14.9. The highest BCUT2D eigenvalue weighted by Crippen LogP contribution is 2.45. The van der Waals surface area contributed by atoms with E-state index >= 15 is 0 Å². The van der Waals surface area contributed by atoms with Gasteiger partial charge in [-0.1, -0.05) is 36.4 Å². The molecule has 3 aliphatic heterocycles. The molecule has 2 bridgehead atoms. The normalized spacial score (nSPS) is 22.8. The maximum absolute atomic E-state index is 13.2. The van der Waals surface area contributed by atoms with Gasteiger partial charge in [-0.05, 0) is 31.7 Å². The lowest BCUT2D eigenvalue weighted by Crippen LogP contribution is -2.52. The molecule has 1 aromatic carbocycles. The summed E-state index contributed by atoms with van der Waals surface area (Å²) < 4.78 is 14.6. The largest absolute Gasteiger partial charge is 0.383 e. The number of anilines is 1. The molecule has 204 valence electrons. The van der Waals surface area contributed by atoms with E-state index in [1.807, 2.05) is 53.6 Å². The molecule has 2 saturated heterocycles. The summed E-state index contributed by atoms with van der Waals surface area (Å²) in [7, 11) is -1.37. The van der Waals surface area contributed by atoms with Crippen molar-refractivity contribution in [2.45, 2.75) is 48.6 Å². The van der Waals surface area contributed by atoms with Gasteiger partial charge in [-0.25, -0.2) is 15.4 Å². The van der Waals surface area contributed by atoms with Crippen LogP contribution in [0.1, 0.15) is 37.3 Å². The van der Waals surface area contributed by atoms with Crippen LogP contribution in [0.4, 0.5) is 5.82 Å². The summed E-state index contributed by atoms with van der Waals surface area (Å²) in [5.74, 6) is 0.654. The number of hydrogen-bond acceptors (Lipinski definition) is 9. The number of aromatic nitrogens is 4. The van der Waals surface area contributed by atoms with Crippen LogP contribution >= 0.6 is 0 Å². The fraction of sp³-hybridized carbons (Fsp3) is 0.321. The Hall–Kier alpha value is -4.16. The van der Waals surface area contributed by atoms with Gasteiger partial charge in [-0.2, -0.15) is 9.61 Å². The number of hydrazine groups is 1. The molecule has 4 atom stereocenters. The maximum Gasteiger partial charge on any atom is 0.290 e. The van der Waals surface area contributed by atoms with Crippen molar-refractivity contribution < 1.29 is 9.00 Å². The lowest BCUT2D eigenvalue weighted by atomic mass is 9.87. The number of benzene rings is 1. The number of nitrogen functional groups attached to an aromatic ring is 1. The molecule has 3 aromatic heterocycles. The minimum atomic E-state index is -1.37. The predicted octanol–water partition coefficient (Wildman–Crippen LogP) is 2.48. The Labute approximate surface area is 233 Å². The Morgan fingerprint density at radius 1 is 1.05 bits per heavy atom. The van der Waals surface area contributed by atoms with Gasteiger partial charge >= 0.3 is 0 Å². The highest BCUT2D eigenvalue weighted by molar-refractivity contribution is 7.84. The summed E-state index contributed by atoms with van der Waals surface area (Å²) >= 11 is 0. The smallest absolute Gasteiger partial charge is 0.290 e. The number of carbonyl (C=O) groups is 1. The molecule has 2 unspecified atom stereocenters. The fourth-order valence-electron chi connectivity index (χ4n) is 6.38. The molecule has 4 N–H and O–H groups in total. The van der Waals surface area contributed by atoms with Crippen LogP contribution in [0.15, 0.2) is 64.7 Å². The monoisotopic (exact) mass is 555 g/mol. The van der Waals surface area contributed by atoms with Crippen molar-refractivity contribution in [1.82, 2.24) is 35.3 Å². The highest BCUT2D eigenvalue weighted by Gasteiger charge is 2.46. The van der Waals surface area contributed by atoms with Crippen LogP contribution < -0.4 is 16.6 Å². The van der Waals surface area contributed by atoms with Crippen molar-refractivity contribution in [2.24, 2.45) is 4.99 Å². The number of hydrogen-bond donors (Lipinski definition) is 3. The number of nitrogens with one attached hydrogen (secondary N) is 2.